The lowest BCUT2D eigenvalue weighted by molar-refractivity contribution is 0.0937. The Morgan fingerprint density at radius 2 is 2.00 bits per heavy atom. The highest BCUT2D eigenvalue weighted by Crippen LogP contribution is 1.98. The van der Waals surface area contributed by atoms with Crippen molar-refractivity contribution in [2.75, 3.05) is 14.2 Å². The summed E-state index contributed by atoms with van der Waals surface area (Å²) >= 11 is 0. The Morgan fingerprint density at radius 3 is 2.30 bits per heavy atom. The molecule has 0 bridgehead atoms. The van der Waals surface area contributed by atoms with Crippen molar-refractivity contribution < 1.29 is 9.47 Å². The molecule has 0 rings (SSSR count). The van der Waals surface area contributed by atoms with E-state index in [9.17, 15) is 0 Å². The monoisotopic (exact) mass is 145 g/mol. The molecular formula is C7H15NO2. The molecule has 0 aromatic heterocycles. The van der Waals surface area contributed by atoms with Crippen molar-refractivity contribution >= 4 is 0 Å². The predicted molar refractivity (Wildman–Crippen MR) is 40.4 cm³/mol. The molecule has 60 valence electrons. The number of hydrogen-bond donors (Lipinski definition) is 1. The Kier molecular flexibility index (Phi) is 4.76. The quantitative estimate of drug-likeness (QED) is 0.597. The van der Waals surface area contributed by atoms with Gasteiger partial charge in [0, 0.05) is 6.04 Å². The van der Waals surface area contributed by atoms with E-state index in [1.165, 1.54) is 0 Å². The zero-order valence-corrected chi connectivity index (χ0v) is 6.76. The van der Waals surface area contributed by atoms with Crippen LogP contribution in [0.5, 0.6) is 0 Å². The van der Waals surface area contributed by atoms with Crippen LogP contribution in [0.15, 0.2) is 12.0 Å². The van der Waals surface area contributed by atoms with Crippen LogP contribution < -0.4 is 5.73 Å². The third kappa shape index (κ3) is 4.21. The molecule has 0 aromatic carbocycles. The lowest BCUT2D eigenvalue weighted by Gasteiger charge is -2.04. The van der Waals surface area contributed by atoms with Crippen LogP contribution in [0.25, 0.3) is 0 Å². The van der Waals surface area contributed by atoms with E-state index in [4.69, 9.17) is 15.2 Å². The van der Waals surface area contributed by atoms with E-state index in [0.717, 1.165) is 6.42 Å². The predicted octanol–water partition coefficient (Wildman–Crippen LogP) is 0.858. The number of nitrogens with two attached hydrogens (primary N) is 1. The number of rotatable bonds is 4. The van der Waals surface area contributed by atoms with Crippen LogP contribution >= 0.6 is 0 Å². The summed E-state index contributed by atoms with van der Waals surface area (Å²) in [5.74, 6) is 0.525. The van der Waals surface area contributed by atoms with Gasteiger partial charge in [0.2, 0.25) is 0 Å². The maximum atomic E-state index is 5.49. The van der Waals surface area contributed by atoms with Crippen molar-refractivity contribution in [3.8, 4) is 0 Å². The molecule has 0 aliphatic rings. The Hall–Kier alpha value is -0.700. The van der Waals surface area contributed by atoms with Crippen LogP contribution in [0.4, 0.5) is 0 Å². The molecule has 0 radical (unpaired) electrons. The van der Waals surface area contributed by atoms with Crippen molar-refractivity contribution in [1.82, 2.24) is 0 Å². The van der Waals surface area contributed by atoms with E-state index in [1.807, 2.05) is 13.0 Å². The van der Waals surface area contributed by atoms with E-state index in [0.29, 0.717) is 5.95 Å². The van der Waals surface area contributed by atoms with Gasteiger partial charge < -0.3 is 15.2 Å². The van der Waals surface area contributed by atoms with Gasteiger partial charge in [0.15, 0.2) is 0 Å². The van der Waals surface area contributed by atoms with Crippen LogP contribution in [0, 0.1) is 0 Å². The summed E-state index contributed by atoms with van der Waals surface area (Å²) < 4.78 is 9.67. The standard InChI is InChI=1S/C7H15NO2/c1-6(8)4-5-7(9-2)10-3/h5-6H,4,8H2,1-3H3. The molecule has 3 nitrogen and oxygen atoms in total. The third-order valence-corrected chi connectivity index (χ3v) is 1.06. The van der Waals surface area contributed by atoms with Crippen LogP contribution in [-0.2, 0) is 9.47 Å². The third-order valence-electron chi connectivity index (χ3n) is 1.06. The summed E-state index contributed by atoms with van der Waals surface area (Å²) in [5.41, 5.74) is 5.49. The first-order valence-electron chi connectivity index (χ1n) is 3.24. The maximum Gasteiger partial charge on any atom is 0.274 e. The van der Waals surface area contributed by atoms with Crippen molar-refractivity contribution in [3.05, 3.63) is 12.0 Å². The smallest absolute Gasteiger partial charge is 0.274 e. The van der Waals surface area contributed by atoms with Crippen LogP contribution in [-0.4, -0.2) is 20.3 Å². The summed E-state index contributed by atoms with van der Waals surface area (Å²) in [6.45, 7) is 1.93. The van der Waals surface area contributed by atoms with Gasteiger partial charge in [0.05, 0.1) is 14.2 Å². The first-order valence-corrected chi connectivity index (χ1v) is 3.24. The first-order chi connectivity index (χ1) is 4.70. The van der Waals surface area contributed by atoms with Crippen molar-refractivity contribution in [1.29, 1.82) is 0 Å². The SMILES string of the molecule is COC(=CCC(C)N)OC. The average Bonchev–Trinajstić information content (AvgIpc) is 1.90. The molecule has 0 aliphatic carbocycles. The van der Waals surface area contributed by atoms with Gasteiger partial charge >= 0.3 is 0 Å². The molecule has 0 fully saturated rings. The first kappa shape index (κ1) is 9.30. The van der Waals surface area contributed by atoms with E-state index >= 15 is 0 Å². The number of ether oxygens (including phenoxy) is 2. The van der Waals surface area contributed by atoms with E-state index in [-0.39, 0.29) is 6.04 Å². The zero-order valence-electron chi connectivity index (χ0n) is 6.76. The molecular weight excluding hydrogens is 130 g/mol. The van der Waals surface area contributed by atoms with E-state index in [1.54, 1.807) is 14.2 Å². The molecule has 0 heterocycles. The minimum Gasteiger partial charge on any atom is -0.469 e. The molecule has 1 atom stereocenters. The highest BCUT2D eigenvalue weighted by Gasteiger charge is 1.94. The van der Waals surface area contributed by atoms with Crippen LogP contribution in [0.3, 0.4) is 0 Å². The van der Waals surface area contributed by atoms with Crippen molar-refractivity contribution in [2.45, 2.75) is 19.4 Å². The van der Waals surface area contributed by atoms with Gasteiger partial charge in [0.1, 0.15) is 0 Å². The van der Waals surface area contributed by atoms with Gasteiger partial charge in [0.25, 0.3) is 5.95 Å². The summed E-state index contributed by atoms with van der Waals surface area (Å²) in [6.07, 6.45) is 2.60. The van der Waals surface area contributed by atoms with Gasteiger partial charge in [-0.15, -0.1) is 0 Å². The molecule has 0 aliphatic heterocycles. The van der Waals surface area contributed by atoms with E-state index < -0.39 is 0 Å². The minimum atomic E-state index is 0.153. The molecule has 0 spiro atoms. The molecule has 1 unspecified atom stereocenters. The topological polar surface area (TPSA) is 44.5 Å². The van der Waals surface area contributed by atoms with Gasteiger partial charge in [-0.2, -0.15) is 0 Å². The Bertz CT molecular complexity index is 104. The second-order valence-corrected chi connectivity index (χ2v) is 2.14. The number of hydrogen-bond acceptors (Lipinski definition) is 3. The van der Waals surface area contributed by atoms with Crippen molar-refractivity contribution in [2.24, 2.45) is 5.73 Å². The Balaban J connectivity index is 3.63. The van der Waals surface area contributed by atoms with Gasteiger partial charge in [-0.25, -0.2) is 0 Å². The van der Waals surface area contributed by atoms with Crippen molar-refractivity contribution in [3.63, 3.8) is 0 Å². The van der Waals surface area contributed by atoms with Crippen LogP contribution in [0.1, 0.15) is 13.3 Å². The lowest BCUT2D eigenvalue weighted by atomic mass is 10.2. The summed E-state index contributed by atoms with van der Waals surface area (Å²) in [4.78, 5) is 0. The fourth-order valence-corrected chi connectivity index (χ4v) is 0.532. The molecule has 10 heavy (non-hydrogen) atoms. The van der Waals surface area contributed by atoms with Gasteiger partial charge in [-0.05, 0) is 19.4 Å². The second-order valence-electron chi connectivity index (χ2n) is 2.14. The molecule has 0 saturated carbocycles. The van der Waals surface area contributed by atoms with E-state index in [2.05, 4.69) is 0 Å². The highest BCUT2D eigenvalue weighted by molar-refractivity contribution is 4.85. The minimum absolute atomic E-state index is 0.153. The largest absolute Gasteiger partial charge is 0.469 e. The molecule has 3 heteroatoms. The molecule has 0 aromatic rings. The number of methoxy groups -OCH3 is 2. The zero-order chi connectivity index (χ0) is 7.98. The van der Waals surface area contributed by atoms with Crippen LogP contribution in [0.2, 0.25) is 0 Å². The Morgan fingerprint density at radius 1 is 1.50 bits per heavy atom. The average molecular weight is 145 g/mol. The summed E-state index contributed by atoms with van der Waals surface area (Å²) in [7, 11) is 3.13. The lowest BCUT2D eigenvalue weighted by Crippen LogP contribution is -2.13. The normalized spacial score (nSPS) is 12.0. The molecule has 0 amide bonds. The molecule has 0 saturated heterocycles. The maximum absolute atomic E-state index is 5.49. The van der Waals surface area contributed by atoms with Gasteiger partial charge in [-0.3, -0.25) is 0 Å². The molecule has 2 N–H and O–H groups in total. The Labute approximate surface area is 61.8 Å². The summed E-state index contributed by atoms with van der Waals surface area (Å²) in [5, 5.41) is 0. The highest BCUT2D eigenvalue weighted by atomic mass is 16.7. The van der Waals surface area contributed by atoms with Gasteiger partial charge in [-0.1, -0.05) is 0 Å². The fraction of sp³-hybridized carbons (Fsp3) is 0.714. The fourth-order valence-electron chi connectivity index (χ4n) is 0.532. The second kappa shape index (κ2) is 5.11. The summed E-state index contributed by atoms with van der Waals surface area (Å²) in [6, 6.07) is 0.153.